The van der Waals surface area contributed by atoms with Crippen LogP contribution in [0.3, 0.4) is 0 Å². The highest BCUT2D eigenvalue weighted by molar-refractivity contribution is 6.40. The van der Waals surface area contributed by atoms with Gasteiger partial charge < -0.3 is 10.1 Å². The minimum atomic E-state index is -0.511. The minimum Gasteiger partial charge on any atom is -0.867 e. The van der Waals surface area contributed by atoms with E-state index < -0.39 is 11.3 Å². The average molecular weight is 307 g/mol. The van der Waals surface area contributed by atoms with Crippen molar-refractivity contribution in [1.82, 2.24) is 4.98 Å². The molecular weight excluding hydrogens is 299 g/mol. The lowest BCUT2D eigenvalue weighted by Crippen LogP contribution is -2.37. The molecule has 0 amide bonds. The number of hydrogen-bond donors (Lipinski definition) is 1. The molecule has 4 nitrogen and oxygen atoms in total. The summed E-state index contributed by atoms with van der Waals surface area (Å²) in [7, 11) is 0. The van der Waals surface area contributed by atoms with E-state index in [4.69, 9.17) is 23.2 Å². The van der Waals surface area contributed by atoms with E-state index in [0.717, 1.165) is 0 Å². The summed E-state index contributed by atoms with van der Waals surface area (Å²) in [6, 6.07) is 8.31. The Hall–Kier alpha value is -2.04. The molecule has 0 aliphatic rings. The maximum absolute atomic E-state index is 12.5. The highest BCUT2D eigenvalue weighted by atomic mass is 35.5. The summed E-state index contributed by atoms with van der Waals surface area (Å²) >= 11 is 12.1. The van der Waals surface area contributed by atoms with Gasteiger partial charge in [-0.15, -0.1) is 0 Å². The Morgan fingerprint density at radius 1 is 1.05 bits per heavy atom. The zero-order valence-corrected chi connectivity index (χ0v) is 11.6. The smallest absolute Gasteiger partial charge is 0.320 e. The molecule has 0 saturated heterocycles. The molecule has 0 unspecified atom stereocenters. The number of nitrogens with one attached hydrogen (secondary N) is 1. The van der Waals surface area contributed by atoms with Crippen molar-refractivity contribution in [3.8, 4) is 11.4 Å². The third-order valence-corrected chi connectivity index (χ3v) is 3.60. The van der Waals surface area contributed by atoms with Crippen molar-refractivity contribution in [3.05, 3.63) is 63.1 Å². The maximum atomic E-state index is 12.5. The summed E-state index contributed by atoms with van der Waals surface area (Å²) in [4.78, 5) is 14.8. The number of aromatic amines is 1. The van der Waals surface area contributed by atoms with Crippen molar-refractivity contribution in [1.29, 1.82) is 0 Å². The molecule has 0 fully saturated rings. The second-order valence-electron chi connectivity index (χ2n) is 4.19. The van der Waals surface area contributed by atoms with Crippen LogP contribution in [0.4, 0.5) is 0 Å². The van der Waals surface area contributed by atoms with Crippen LogP contribution in [0.2, 0.25) is 10.0 Å². The van der Waals surface area contributed by atoms with Crippen molar-refractivity contribution >= 4 is 34.1 Å². The van der Waals surface area contributed by atoms with Crippen LogP contribution in [0.5, 0.6) is 5.75 Å². The lowest BCUT2D eigenvalue weighted by atomic mass is 10.2. The molecule has 2 heterocycles. The number of benzene rings is 1. The van der Waals surface area contributed by atoms with Gasteiger partial charge in [-0.3, -0.25) is 4.79 Å². The minimum absolute atomic E-state index is 0.0118. The van der Waals surface area contributed by atoms with Gasteiger partial charge in [0.15, 0.2) is 12.4 Å². The van der Waals surface area contributed by atoms with Gasteiger partial charge in [0.25, 0.3) is 5.69 Å². The van der Waals surface area contributed by atoms with Crippen LogP contribution in [0, 0.1) is 0 Å². The first kappa shape index (κ1) is 13.0. The van der Waals surface area contributed by atoms with Crippen LogP contribution in [-0.4, -0.2) is 4.98 Å². The van der Waals surface area contributed by atoms with Crippen LogP contribution in [0.25, 0.3) is 16.6 Å². The van der Waals surface area contributed by atoms with Crippen LogP contribution in [0.1, 0.15) is 0 Å². The van der Waals surface area contributed by atoms with Crippen LogP contribution in [0.15, 0.2) is 47.5 Å². The van der Waals surface area contributed by atoms with E-state index in [2.05, 4.69) is 4.98 Å². The largest absolute Gasteiger partial charge is 0.867 e. The van der Waals surface area contributed by atoms with Crippen LogP contribution < -0.4 is 15.2 Å². The molecule has 3 rings (SSSR count). The third kappa shape index (κ3) is 1.94. The van der Waals surface area contributed by atoms with E-state index >= 15 is 0 Å². The van der Waals surface area contributed by atoms with E-state index in [9.17, 15) is 9.90 Å². The molecule has 20 heavy (non-hydrogen) atoms. The SMILES string of the molecule is O=c1[nH]c2c(Cl)ccc(Cl)c2c([O-])c1-[n+]1ccccc1. The molecular formula is C14H8Cl2N2O2. The number of rotatable bonds is 1. The number of halogens is 2. The Morgan fingerprint density at radius 2 is 1.70 bits per heavy atom. The van der Waals surface area contributed by atoms with Crippen molar-refractivity contribution < 1.29 is 9.67 Å². The first-order chi connectivity index (χ1) is 9.59. The fourth-order valence-electron chi connectivity index (χ4n) is 2.07. The number of pyridine rings is 2. The second kappa shape index (κ2) is 4.81. The molecule has 0 radical (unpaired) electrons. The number of aromatic nitrogens is 2. The van der Waals surface area contributed by atoms with Crippen molar-refractivity contribution in [2.45, 2.75) is 0 Å². The number of fused-ring (bicyclic) bond motifs is 1. The standard InChI is InChI=1S/C14H8Cl2N2O2/c15-8-4-5-9(16)11-10(8)13(19)12(14(20)17-11)18-6-2-1-3-7-18/h1-7H,(H-,17,19,20). The van der Waals surface area contributed by atoms with E-state index in [1.165, 1.54) is 16.7 Å². The first-order valence-electron chi connectivity index (χ1n) is 5.77. The van der Waals surface area contributed by atoms with Gasteiger partial charge in [-0.05, 0) is 17.9 Å². The number of H-pyrrole nitrogens is 1. The van der Waals surface area contributed by atoms with E-state index in [1.807, 2.05) is 0 Å². The molecule has 0 atom stereocenters. The van der Waals surface area contributed by atoms with Crippen molar-refractivity contribution in [2.24, 2.45) is 0 Å². The van der Waals surface area contributed by atoms with Crippen LogP contribution >= 0.6 is 23.2 Å². The predicted molar refractivity (Wildman–Crippen MR) is 75.6 cm³/mol. The predicted octanol–water partition coefficient (Wildman–Crippen LogP) is 2.19. The highest BCUT2D eigenvalue weighted by Gasteiger charge is 2.17. The van der Waals surface area contributed by atoms with Gasteiger partial charge in [-0.1, -0.05) is 29.3 Å². The Bertz CT molecular complexity index is 860. The lowest BCUT2D eigenvalue weighted by molar-refractivity contribution is -0.600. The maximum Gasteiger partial charge on any atom is 0.320 e. The first-order valence-corrected chi connectivity index (χ1v) is 6.53. The quantitative estimate of drug-likeness (QED) is 0.701. The molecule has 1 aromatic carbocycles. The molecule has 2 aromatic heterocycles. The van der Waals surface area contributed by atoms with Gasteiger partial charge in [-0.25, -0.2) is 0 Å². The highest BCUT2D eigenvalue weighted by Crippen LogP contribution is 2.33. The van der Waals surface area contributed by atoms with Gasteiger partial charge in [0, 0.05) is 22.5 Å². The Kier molecular flexibility index (Phi) is 3.12. The van der Waals surface area contributed by atoms with Gasteiger partial charge >= 0.3 is 5.56 Å². The molecule has 1 N–H and O–H groups in total. The molecule has 3 aromatic rings. The molecule has 6 heteroatoms. The summed E-state index contributed by atoms with van der Waals surface area (Å²) in [5, 5.41) is 13.3. The summed E-state index contributed by atoms with van der Waals surface area (Å²) < 4.78 is 1.46. The summed E-state index contributed by atoms with van der Waals surface area (Å²) in [5.74, 6) is -0.451. The summed E-state index contributed by atoms with van der Waals surface area (Å²) in [5.41, 5.74) is -0.264. The summed E-state index contributed by atoms with van der Waals surface area (Å²) in [6.07, 6.45) is 3.24. The number of nitrogens with zero attached hydrogens (tertiary/aromatic N) is 1. The monoisotopic (exact) mass is 306 g/mol. The Labute approximate surface area is 123 Å². The average Bonchev–Trinajstić information content (AvgIpc) is 2.44. The summed E-state index contributed by atoms with van der Waals surface area (Å²) in [6.45, 7) is 0. The van der Waals surface area contributed by atoms with Gasteiger partial charge in [-0.2, -0.15) is 4.57 Å². The fraction of sp³-hybridized carbons (Fsp3) is 0. The van der Waals surface area contributed by atoms with Crippen molar-refractivity contribution in [3.63, 3.8) is 0 Å². The molecule has 100 valence electrons. The topological polar surface area (TPSA) is 59.8 Å². The normalized spacial score (nSPS) is 10.9. The van der Waals surface area contributed by atoms with Gasteiger partial charge in [0.2, 0.25) is 0 Å². The van der Waals surface area contributed by atoms with Crippen molar-refractivity contribution in [2.75, 3.05) is 0 Å². The molecule has 0 aliphatic carbocycles. The molecule has 0 spiro atoms. The zero-order valence-electron chi connectivity index (χ0n) is 10.1. The number of hydrogen-bond acceptors (Lipinski definition) is 2. The van der Waals surface area contributed by atoms with E-state index in [-0.39, 0.29) is 26.6 Å². The van der Waals surface area contributed by atoms with E-state index in [1.54, 1.807) is 30.6 Å². The Balaban J connectivity index is 2.47. The molecule has 0 saturated carbocycles. The van der Waals surface area contributed by atoms with Gasteiger partial charge in [0.1, 0.15) is 0 Å². The Morgan fingerprint density at radius 3 is 2.40 bits per heavy atom. The molecule has 0 bridgehead atoms. The third-order valence-electron chi connectivity index (χ3n) is 2.97. The fourth-order valence-corrected chi connectivity index (χ4v) is 2.52. The van der Waals surface area contributed by atoms with E-state index in [0.29, 0.717) is 0 Å². The molecule has 0 aliphatic heterocycles. The van der Waals surface area contributed by atoms with Gasteiger partial charge in [0.05, 0.1) is 10.5 Å². The van der Waals surface area contributed by atoms with Crippen LogP contribution in [-0.2, 0) is 0 Å². The second-order valence-corrected chi connectivity index (χ2v) is 5.01. The lowest BCUT2D eigenvalue weighted by Gasteiger charge is -2.13. The zero-order chi connectivity index (χ0) is 14.3.